The van der Waals surface area contributed by atoms with E-state index in [-0.39, 0.29) is 37.0 Å². The Morgan fingerprint density at radius 2 is 1.53 bits per heavy atom. The molecule has 3 N–H and O–H groups in total. The first kappa shape index (κ1) is 26.8. The van der Waals surface area contributed by atoms with E-state index in [2.05, 4.69) is 37.0 Å². The van der Waals surface area contributed by atoms with Crippen LogP contribution in [0.5, 0.6) is 0 Å². The number of halogens is 1. The largest absolute Gasteiger partial charge is 0.353 e. The summed E-state index contributed by atoms with van der Waals surface area (Å²) in [6.07, 6.45) is 0. The number of carbonyl (C=O) groups excluding carboxylic acids is 3. The molecule has 0 atom stereocenters. The Bertz CT molecular complexity index is 1300. The van der Waals surface area contributed by atoms with E-state index >= 15 is 0 Å². The second kappa shape index (κ2) is 11.8. The molecule has 1 aromatic heterocycles. The minimum absolute atomic E-state index is 0.118. The van der Waals surface area contributed by atoms with Crippen LogP contribution in [0.2, 0.25) is 0 Å². The highest BCUT2D eigenvalue weighted by atomic mass is 79.9. The van der Waals surface area contributed by atoms with Gasteiger partial charge in [-0.2, -0.15) is 5.10 Å². The second-order valence-electron chi connectivity index (χ2n) is 9.11. The zero-order valence-electron chi connectivity index (χ0n) is 20.3. The summed E-state index contributed by atoms with van der Waals surface area (Å²) in [4.78, 5) is 48.8. The summed E-state index contributed by atoms with van der Waals surface area (Å²) in [5, 5.41) is 12.5. The molecular weight excluding hydrogens is 526 g/mol. The predicted octanol–water partition coefficient (Wildman–Crippen LogP) is 3.20. The van der Waals surface area contributed by atoms with Gasteiger partial charge in [-0.1, -0.05) is 48.8 Å². The first-order valence-electron chi connectivity index (χ1n) is 11.3. The van der Waals surface area contributed by atoms with Crippen LogP contribution in [0.1, 0.15) is 31.1 Å². The van der Waals surface area contributed by atoms with E-state index < -0.39 is 11.3 Å². The molecule has 0 aliphatic carbocycles. The van der Waals surface area contributed by atoms with Gasteiger partial charge in [-0.25, -0.2) is 4.68 Å². The van der Waals surface area contributed by atoms with Gasteiger partial charge in [0.25, 0.3) is 11.5 Å². The Balaban J connectivity index is 1.46. The number of nitrogens with one attached hydrogen (secondary N) is 3. The van der Waals surface area contributed by atoms with Gasteiger partial charge in [0.15, 0.2) is 0 Å². The molecule has 9 nitrogen and oxygen atoms in total. The van der Waals surface area contributed by atoms with E-state index in [0.29, 0.717) is 16.9 Å². The summed E-state index contributed by atoms with van der Waals surface area (Å²) in [5.74, 6) is -0.822. The Morgan fingerprint density at radius 3 is 2.17 bits per heavy atom. The van der Waals surface area contributed by atoms with Gasteiger partial charge in [-0.15, -0.1) is 0 Å². The fraction of sp³-hybridized carbons (Fsp3) is 0.269. The molecule has 0 saturated carbocycles. The number of anilines is 1. The van der Waals surface area contributed by atoms with Crippen LogP contribution in [0.15, 0.2) is 69.9 Å². The third kappa shape index (κ3) is 7.61. The van der Waals surface area contributed by atoms with E-state index in [0.717, 1.165) is 14.7 Å². The molecule has 0 radical (unpaired) electrons. The molecular formula is C26H28BrN5O4. The normalized spacial score (nSPS) is 11.0. The minimum Gasteiger partial charge on any atom is -0.353 e. The van der Waals surface area contributed by atoms with Crippen LogP contribution in [0.25, 0.3) is 11.3 Å². The van der Waals surface area contributed by atoms with Crippen molar-refractivity contribution in [2.24, 2.45) is 5.41 Å². The van der Waals surface area contributed by atoms with Gasteiger partial charge < -0.3 is 16.0 Å². The fourth-order valence-corrected chi connectivity index (χ4v) is 3.30. The number of hydrogen-bond acceptors (Lipinski definition) is 5. The lowest BCUT2D eigenvalue weighted by atomic mass is 9.95. The number of aromatic nitrogens is 2. The van der Waals surface area contributed by atoms with Gasteiger partial charge in [0.2, 0.25) is 11.8 Å². The van der Waals surface area contributed by atoms with E-state index in [1.54, 1.807) is 30.3 Å². The molecule has 188 valence electrons. The van der Waals surface area contributed by atoms with Gasteiger partial charge in [0.05, 0.1) is 5.69 Å². The molecule has 0 spiro atoms. The number of carbonyl (C=O) groups is 3. The van der Waals surface area contributed by atoms with Crippen molar-refractivity contribution in [3.05, 3.63) is 81.1 Å². The van der Waals surface area contributed by atoms with E-state index in [9.17, 15) is 19.2 Å². The number of amides is 3. The number of benzene rings is 2. The molecule has 0 fully saturated rings. The SMILES string of the molecule is CC(C)(C)C(=O)Nc1ccc(C(=O)NCCNC(=O)Cn2nc(-c3ccc(Br)cc3)ccc2=O)cc1. The van der Waals surface area contributed by atoms with Crippen molar-refractivity contribution in [3.63, 3.8) is 0 Å². The van der Waals surface area contributed by atoms with Crippen molar-refractivity contribution in [2.45, 2.75) is 27.3 Å². The molecule has 0 aliphatic heterocycles. The van der Waals surface area contributed by atoms with Crippen molar-refractivity contribution < 1.29 is 14.4 Å². The van der Waals surface area contributed by atoms with Gasteiger partial charge in [-0.05, 0) is 42.5 Å². The molecule has 1 heterocycles. The van der Waals surface area contributed by atoms with Crippen molar-refractivity contribution in [1.29, 1.82) is 0 Å². The average Bonchev–Trinajstić information content (AvgIpc) is 2.83. The molecule has 36 heavy (non-hydrogen) atoms. The molecule has 3 rings (SSSR count). The van der Waals surface area contributed by atoms with Crippen LogP contribution in [-0.4, -0.2) is 40.6 Å². The summed E-state index contributed by atoms with van der Waals surface area (Å²) in [5.41, 5.74) is 1.52. The van der Waals surface area contributed by atoms with Crippen LogP contribution in [-0.2, 0) is 16.1 Å². The molecule has 2 aromatic carbocycles. The lowest BCUT2D eigenvalue weighted by Crippen LogP contribution is -2.38. The van der Waals surface area contributed by atoms with Gasteiger partial charge in [0.1, 0.15) is 6.54 Å². The maximum absolute atomic E-state index is 12.3. The van der Waals surface area contributed by atoms with Gasteiger partial charge in [-0.3, -0.25) is 19.2 Å². The molecule has 3 amide bonds. The Labute approximate surface area is 217 Å². The van der Waals surface area contributed by atoms with Crippen LogP contribution in [0, 0.1) is 5.41 Å². The first-order valence-corrected chi connectivity index (χ1v) is 12.1. The second-order valence-corrected chi connectivity index (χ2v) is 10.0. The summed E-state index contributed by atoms with van der Waals surface area (Å²) in [6.45, 7) is 5.61. The summed E-state index contributed by atoms with van der Waals surface area (Å²) in [7, 11) is 0. The summed E-state index contributed by atoms with van der Waals surface area (Å²) < 4.78 is 2.03. The molecule has 0 aliphatic rings. The summed E-state index contributed by atoms with van der Waals surface area (Å²) >= 11 is 3.38. The van der Waals surface area contributed by atoms with E-state index in [1.807, 2.05) is 45.0 Å². The Kier molecular flexibility index (Phi) is 8.76. The fourth-order valence-electron chi connectivity index (χ4n) is 3.03. The number of rotatable bonds is 8. The number of hydrogen-bond donors (Lipinski definition) is 3. The molecule has 0 unspecified atom stereocenters. The molecule has 10 heteroatoms. The minimum atomic E-state index is -0.521. The van der Waals surface area contributed by atoms with Crippen LogP contribution in [0.4, 0.5) is 5.69 Å². The van der Waals surface area contributed by atoms with Gasteiger partial charge in [0, 0.05) is 45.9 Å². The number of nitrogens with zero attached hydrogens (tertiary/aromatic N) is 2. The van der Waals surface area contributed by atoms with Crippen molar-refractivity contribution in [2.75, 3.05) is 18.4 Å². The van der Waals surface area contributed by atoms with E-state index in [1.165, 1.54) is 6.07 Å². The predicted molar refractivity (Wildman–Crippen MR) is 142 cm³/mol. The molecule has 0 bridgehead atoms. The van der Waals surface area contributed by atoms with E-state index in [4.69, 9.17) is 0 Å². The zero-order valence-corrected chi connectivity index (χ0v) is 21.9. The lowest BCUT2D eigenvalue weighted by molar-refractivity contribution is -0.123. The summed E-state index contributed by atoms with van der Waals surface area (Å²) in [6, 6.07) is 17.0. The quantitative estimate of drug-likeness (QED) is 0.370. The highest BCUT2D eigenvalue weighted by Crippen LogP contribution is 2.19. The third-order valence-electron chi connectivity index (χ3n) is 5.12. The van der Waals surface area contributed by atoms with Crippen molar-refractivity contribution >= 4 is 39.3 Å². The molecule has 0 saturated heterocycles. The maximum Gasteiger partial charge on any atom is 0.267 e. The van der Waals surface area contributed by atoms with Gasteiger partial charge >= 0.3 is 0 Å². The van der Waals surface area contributed by atoms with Crippen molar-refractivity contribution in [3.8, 4) is 11.3 Å². The topological polar surface area (TPSA) is 122 Å². The molecule has 3 aromatic rings. The van der Waals surface area contributed by atoms with Crippen LogP contribution >= 0.6 is 15.9 Å². The smallest absolute Gasteiger partial charge is 0.267 e. The Morgan fingerprint density at radius 1 is 0.889 bits per heavy atom. The zero-order chi connectivity index (χ0) is 26.3. The lowest BCUT2D eigenvalue weighted by Gasteiger charge is -2.17. The Hall–Kier alpha value is -3.79. The third-order valence-corrected chi connectivity index (χ3v) is 5.65. The van der Waals surface area contributed by atoms with Crippen LogP contribution in [0.3, 0.4) is 0 Å². The highest BCUT2D eigenvalue weighted by molar-refractivity contribution is 9.10. The average molecular weight is 554 g/mol. The maximum atomic E-state index is 12.3. The standard InChI is InChI=1S/C26H28BrN5O4/c1-26(2,3)25(36)30-20-10-6-18(7-11-20)24(35)29-15-14-28-22(33)16-32-23(34)13-12-21(31-32)17-4-8-19(27)9-5-17/h4-13H,14-16H2,1-3H3,(H,28,33)(H,29,35)(H,30,36). The monoisotopic (exact) mass is 553 g/mol. The van der Waals surface area contributed by atoms with Crippen molar-refractivity contribution in [1.82, 2.24) is 20.4 Å². The van der Waals surface area contributed by atoms with Crippen LogP contribution < -0.4 is 21.5 Å². The highest BCUT2D eigenvalue weighted by Gasteiger charge is 2.21. The first-order chi connectivity index (χ1) is 17.0.